The molecule has 25 heavy (non-hydrogen) atoms. The number of nitrogens with zero attached hydrogens (tertiary/aromatic N) is 1. The SMILES string of the molecule is CC(C)[C@@H](OC(=O)c1ccccc1[N+](=O)[O-])C(=O)Nc1ccccc1. The van der Waals surface area contributed by atoms with Gasteiger partial charge in [0, 0.05) is 11.8 Å². The summed E-state index contributed by atoms with van der Waals surface area (Å²) in [7, 11) is 0. The van der Waals surface area contributed by atoms with Gasteiger partial charge >= 0.3 is 5.97 Å². The molecule has 0 heterocycles. The van der Waals surface area contributed by atoms with Crippen molar-refractivity contribution in [1.82, 2.24) is 0 Å². The van der Waals surface area contributed by atoms with Gasteiger partial charge in [0.25, 0.3) is 11.6 Å². The third-order valence-electron chi connectivity index (χ3n) is 3.46. The lowest BCUT2D eigenvalue weighted by Crippen LogP contribution is -2.36. The van der Waals surface area contributed by atoms with Gasteiger partial charge in [-0.05, 0) is 24.1 Å². The van der Waals surface area contributed by atoms with Gasteiger partial charge in [0.1, 0.15) is 5.56 Å². The summed E-state index contributed by atoms with van der Waals surface area (Å²) >= 11 is 0. The first-order valence-corrected chi connectivity index (χ1v) is 7.70. The number of hydrogen-bond donors (Lipinski definition) is 1. The molecule has 0 aromatic heterocycles. The van der Waals surface area contributed by atoms with Crippen LogP contribution in [0, 0.1) is 16.0 Å². The highest BCUT2D eigenvalue weighted by Crippen LogP contribution is 2.21. The van der Waals surface area contributed by atoms with Crippen LogP contribution < -0.4 is 5.32 Å². The normalized spacial score (nSPS) is 11.6. The van der Waals surface area contributed by atoms with Crippen LogP contribution in [-0.4, -0.2) is 22.9 Å². The number of hydrogen-bond acceptors (Lipinski definition) is 5. The number of nitrogens with one attached hydrogen (secondary N) is 1. The van der Waals surface area contributed by atoms with Gasteiger partial charge in [-0.15, -0.1) is 0 Å². The number of benzene rings is 2. The summed E-state index contributed by atoms with van der Waals surface area (Å²) in [5.41, 5.74) is 0.0176. The van der Waals surface area contributed by atoms with Crippen molar-refractivity contribution in [2.45, 2.75) is 20.0 Å². The third-order valence-corrected chi connectivity index (χ3v) is 3.46. The Morgan fingerprint density at radius 3 is 2.24 bits per heavy atom. The van der Waals surface area contributed by atoms with E-state index in [-0.39, 0.29) is 17.2 Å². The van der Waals surface area contributed by atoms with Gasteiger partial charge < -0.3 is 10.1 Å². The molecule has 7 nitrogen and oxygen atoms in total. The maximum Gasteiger partial charge on any atom is 0.345 e. The Balaban J connectivity index is 2.18. The Morgan fingerprint density at radius 1 is 1.04 bits per heavy atom. The van der Waals surface area contributed by atoms with E-state index >= 15 is 0 Å². The average Bonchev–Trinajstić information content (AvgIpc) is 2.59. The van der Waals surface area contributed by atoms with Crippen molar-refractivity contribution in [3.63, 3.8) is 0 Å². The first kappa shape index (κ1) is 18.1. The van der Waals surface area contributed by atoms with Crippen LogP contribution in [0.15, 0.2) is 54.6 Å². The van der Waals surface area contributed by atoms with E-state index in [1.54, 1.807) is 38.1 Å². The molecule has 0 aliphatic heterocycles. The molecule has 2 aromatic carbocycles. The molecule has 1 amide bonds. The zero-order chi connectivity index (χ0) is 18.4. The number of nitro benzene ring substituents is 1. The van der Waals surface area contributed by atoms with Crippen molar-refractivity contribution in [3.05, 3.63) is 70.3 Å². The summed E-state index contributed by atoms with van der Waals surface area (Å²) in [6, 6.07) is 14.2. The molecule has 2 aromatic rings. The van der Waals surface area contributed by atoms with Crippen LogP contribution in [0.1, 0.15) is 24.2 Å². The molecule has 0 saturated heterocycles. The van der Waals surface area contributed by atoms with Crippen LogP contribution in [0.5, 0.6) is 0 Å². The van der Waals surface area contributed by atoms with Gasteiger partial charge in [-0.25, -0.2) is 4.79 Å². The van der Waals surface area contributed by atoms with E-state index in [1.807, 2.05) is 6.07 Å². The zero-order valence-corrected chi connectivity index (χ0v) is 13.8. The highest BCUT2D eigenvalue weighted by Gasteiger charge is 2.29. The van der Waals surface area contributed by atoms with E-state index in [1.165, 1.54) is 24.3 Å². The standard InChI is InChI=1S/C18H18N2O5/c1-12(2)16(17(21)19-13-8-4-3-5-9-13)25-18(22)14-10-6-7-11-15(14)20(23)24/h3-12,16H,1-2H3,(H,19,21)/t16-/m1/s1. The van der Waals surface area contributed by atoms with Crippen LogP contribution in [0.25, 0.3) is 0 Å². The van der Waals surface area contributed by atoms with Gasteiger partial charge in [0.15, 0.2) is 6.10 Å². The summed E-state index contributed by atoms with van der Waals surface area (Å²) in [6.07, 6.45) is -1.08. The largest absolute Gasteiger partial charge is 0.448 e. The monoisotopic (exact) mass is 342 g/mol. The van der Waals surface area contributed by atoms with Crippen molar-refractivity contribution in [2.24, 2.45) is 5.92 Å². The molecule has 0 unspecified atom stereocenters. The number of nitro groups is 1. The van der Waals surface area contributed by atoms with Gasteiger partial charge in [-0.3, -0.25) is 14.9 Å². The highest BCUT2D eigenvalue weighted by molar-refractivity contribution is 5.99. The van der Waals surface area contributed by atoms with Crippen molar-refractivity contribution >= 4 is 23.3 Å². The Hall–Kier alpha value is -3.22. The van der Waals surface area contributed by atoms with Gasteiger partial charge in [-0.1, -0.05) is 44.2 Å². The molecule has 7 heteroatoms. The number of carbonyl (C=O) groups excluding carboxylic acids is 2. The predicted octanol–water partition coefficient (Wildman–Crippen LogP) is 3.41. The fourth-order valence-electron chi connectivity index (χ4n) is 2.21. The van der Waals surface area contributed by atoms with E-state index in [4.69, 9.17) is 4.74 Å². The molecule has 0 spiro atoms. The second-order valence-electron chi connectivity index (χ2n) is 5.70. The number of amides is 1. The Labute approximate surface area is 144 Å². The molecular weight excluding hydrogens is 324 g/mol. The fraction of sp³-hybridized carbons (Fsp3) is 0.222. The molecule has 2 rings (SSSR count). The Morgan fingerprint density at radius 2 is 1.64 bits per heavy atom. The first-order chi connectivity index (χ1) is 11.9. The number of carbonyl (C=O) groups is 2. The highest BCUT2D eigenvalue weighted by atomic mass is 16.6. The van der Waals surface area contributed by atoms with Crippen molar-refractivity contribution < 1.29 is 19.2 Å². The van der Waals surface area contributed by atoms with Crippen molar-refractivity contribution in [1.29, 1.82) is 0 Å². The summed E-state index contributed by atoms with van der Waals surface area (Å²) < 4.78 is 5.27. The number of ether oxygens (including phenoxy) is 1. The van der Waals surface area contributed by atoms with Gasteiger partial charge in [-0.2, -0.15) is 0 Å². The molecule has 0 fully saturated rings. The molecule has 0 aliphatic rings. The van der Waals surface area contributed by atoms with E-state index in [2.05, 4.69) is 5.32 Å². The predicted molar refractivity (Wildman–Crippen MR) is 92.2 cm³/mol. The third kappa shape index (κ3) is 4.63. The van der Waals surface area contributed by atoms with Crippen LogP contribution in [-0.2, 0) is 9.53 Å². The average molecular weight is 342 g/mol. The maximum atomic E-state index is 12.4. The second-order valence-corrected chi connectivity index (χ2v) is 5.70. The van der Waals surface area contributed by atoms with Crippen molar-refractivity contribution in [3.8, 4) is 0 Å². The minimum absolute atomic E-state index is 0.189. The smallest absolute Gasteiger partial charge is 0.345 e. The Bertz CT molecular complexity index is 774. The molecule has 0 aliphatic carbocycles. The van der Waals surface area contributed by atoms with Crippen LogP contribution in [0.4, 0.5) is 11.4 Å². The van der Waals surface area contributed by atoms with Crippen molar-refractivity contribution in [2.75, 3.05) is 5.32 Å². The molecule has 0 radical (unpaired) electrons. The van der Waals surface area contributed by atoms with E-state index in [0.29, 0.717) is 5.69 Å². The molecule has 130 valence electrons. The number of para-hydroxylation sites is 2. The summed E-state index contributed by atoms with van der Waals surface area (Å²) in [5.74, 6) is -1.71. The number of anilines is 1. The van der Waals surface area contributed by atoms with E-state index in [0.717, 1.165) is 0 Å². The quantitative estimate of drug-likeness (QED) is 0.493. The number of rotatable bonds is 6. The van der Waals surface area contributed by atoms with Gasteiger partial charge in [0.05, 0.1) is 4.92 Å². The second kappa shape index (κ2) is 8.05. The molecule has 1 atom stereocenters. The minimum atomic E-state index is -1.08. The number of esters is 1. The first-order valence-electron chi connectivity index (χ1n) is 7.70. The lowest BCUT2D eigenvalue weighted by molar-refractivity contribution is -0.385. The molecule has 1 N–H and O–H groups in total. The molecule has 0 saturated carbocycles. The lowest BCUT2D eigenvalue weighted by atomic mass is 10.1. The maximum absolute atomic E-state index is 12.4. The topological polar surface area (TPSA) is 98.5 Å². The van der Waals surface area contributed by atoms with Crippen LogP contribution >= 0.6 is 0 Å². The fourth-order valence-corrected chi connectivity index (χ4v) is 2.21. The Kier molecular flexibility index (Phi) is 5.84. The van der Waals surface area contributed by atoms with E-state index < -0.39 is 22.9 Å². The van der Waals surface area contributed by atoms with Crippen LogP contribution in [0.3, 0.4) is 0 Å². The lowest BCUT2D eigenvalue weighted by Gasteiger charge is -2.20. The zero-order valence-electron chi connectivity index (χ0n) is 13.8. The van der Waals surface area contributed by atoms with Crippen LogP contribution in [0.2, 0.25) is 0 Å². The minimum Gasteiger partial charge on any atom is -0.448 e. The molecule has 0 bridgehead atoms. The summed E-state index contributed by atoms with van der Waals surface area (Å²) in [6.45, 7) is 3.45. The van der Waals surface area contributed by atoms with E-state index in [9.17, 15) is 19.7 Å². The molecular formula is C18H18N2O5. The summed E-state index contributed by atoms with van der Waals surface area (Å²) in [4.78, 5) is 35.1. The summed E-state index contributed by atoms with van der Waals surface area (Å²) in [5, 5.41) is 13.7. The van der Waals surface area contributed by atoms with Gasteiger partial charge in [0.2, 0.25) is 0 Å².